The highest BCUT2D eigenvalue weighted by atomic mass is 16.5. The molecule has 0 amide bonds. The molecule has 0 saturated heterocycles. The number of Topliss-reactive ketones (excluding diaryl/α,β-unsaturated/α-hetero) is 1. The number of hydrogen-bond acceptors (Lipinski definition) is 3. The van der Waals surface area contributed by atoms with Crippen molar-refractivity contribution in [3.05, 3.63) is 41.5 Å². The molecule has 0 aliphatic heterocycles. The fraction of sp³-hybridized carbons (Fsp3) is 0.375. The lowest BCUT2D eigenvalue weighted by atomic mass is 10.0. The maximum Gasteiger partial charge on any atom is 0.330 e. The predicted octanol–water partition coefficient (Wildman–Crippen LogP) is 3.49. The number of benzene rings is 1. The van der Waals surface area contributed by atoms with Crippen LogP contribution in [0.25, 0.3) is 6.08 Å². The molecule has 1 rings (SSSR count). The van der Waals surface area contributed by atoms with E-state index in [1.165, 1.54) is 6.08 Å². The van der Waals surface area contributed by atoms with Crippen molar-refractivity contribution in [2.45, 2.75) is 27.2 Å². The second kappa shape index (κ2) is 7.52. The van der Waals surface area contributed by atoms with Crippen molar-refractivity contribution in [3.8, 4) is 0 Å². The Morgan fingerprint density at radius 1 is 1.21 bits per heavy atom. The molecular formula is C16H20O3. The molecule has 0 N–H and O–H groups in total. The van der Waals surface area contributed by atoms with E-state index in [4.69, 9.17) is 4.74 Å². The fourth-order valence-corrected chi connectivity index (χ4v) is 1.62. The molecule has 19 heavy (non-hydrogen) atoms. The van der Waals surface area contributed by atoms with Gasteiger partial charge >= 0.3 is 5.97 Å². The highest BCUT2D eigenvalue weighted by Gasteiger charge is 2.07. The molecule has 0 radical (unpaired) electrons. The van der Waals surface area contributed by atoms with E-state index in [0.717, 1.165) is 5.56 Å². The second-order valence-corrected chi connectivity index (χ2v) is 4.73. The van der Waals surface area contributed by atoms with E-state index in [-0.39, 0.29) is 11.8 Å². The Hall–Kier alpha value is -1.90. The summed E-state index contributed by atoms with van der Waals surface area (Å²) in [7, 11) is 0. The van der Waals surface area contributed by atoms with Gasteiger partial charge in [0, 0.05) is 18.1 Å². The zero-order chi connectivity index (χ0) is 14.3. The average Bonchev–Trinajstić information content (AvgIpc) is 2.36. The Labute approximate surface area is 114 Å². The van der Waals surface area contributed by atoms with Crippen LogP contribution < -0.4 is 0 Å². The standard InChI is InChI=1S/C16H20O3/c1-4-19-16(18)10-7-13-5-8-14(9-6-13)15(17)11-12(2)3/h5-10,12H,4,11H2,1-3H3/b10-7+. The zero-order valence-corrected chi connectivity index (χ0v) is 11.7. The SMILES string of the molecule is CCOC(=O)/C=C/c1ccc(C(=O)CC(C)C)cc1. The summed E-state index contributed by atoms with van der Waals surface area (Å²) < 4.78 is 4.79. The first-order valence-electron chi connectivity index (χ1n) is 6.51. The number of ether oxygens (including phenoxy) is 1. The summed E-state index contributed by atoms with van der Waals surface area (Å²) in [6, 6.07) is 7.22. The van der Waals surface area contributed by atoms with Crippen molar-refractivity contribution in [1.29, 1.82) is 0 Å². The average molecular weight is 260 g/mol. The molecular weight excluding hydrogens is 240 g/mol. The van der Waals surface area contributed by atoms with Gasteiger partial charge in [0.25, 0.3) is 0 Å². The van der Waals surface area contributed by atoms with E-state index in [2.05, 4.69) is 0 Å². The van der Waals surface area contributed by atoms with Gasteiger partial charge in [0.1, 0.15) is 0 Å². The molecule has 3 nitrogen and oxygen atoms in total. The third-order valence-electron chi connectivity index (χ3n) is 2.52. The van der Waals surface area contributed by atoms with Crippen molar-refractivity contribution in [1.82, 2.24) is 0 Å². The molecule has 102 valence electrons. The van der Waals surface area contributed by atoms with E-state index in [1.807, 2.05) is 26.0 Å². The lowest BCUT2D eigenvalue weighted by molar-refractivity contribution is -0.137. The monoisotopic (exact) mass is 260 g/mol. The molecule has 0 aliphatic rings. The van der Waals surface area contributed by atoms with Gasteiger partial charge in [-0.15, -0.1) is 0 Å². The first kappa shape index (κ1) is 15.2. The fourth-order valence-electron chi connectivity index (χ4n) is 1.62. The van der Waals surface area contributed by atoms with Crippen LogP contribution in [0.5, 0.6) is 0 Å². The maximum atomic E-state index is 11.8. The number of esters is 1. The first-order chi connectivity index (χ1) is 9.02. The van der Waals surface area contributed by atoms with Gasteiger partial charge in [0.05, 0.1) is 6.61 Å². The Bertz CT molecular complexity index is 455. The highest BCUT2D eigenvalue weighted by molar-refractivity contribution is 5.96. The quantitative estimate of drug-likeness (QED) is 0.447. The highest BCUT2D eigenvalue weighted by Crippen LogP contribution is 2.11. The molecule has 1 aromatic rings. The Morgan fingerprint density at radius 3 is 2.37 bits per heavy atom. The largest absolute Gasteiger partial charge is 0.463 e. The lowest BCUT2D eigenvalue weighted by Gasteiger charge is -2.04. The van der Waals surface area contributed by atoms with Crippen molar-refractivity contribution < 1.29 is 14.3 Å². The van der Waals surface area contributed by atoms with Crippen molar-refractivity contribution in [2.24, 2.45) is 5.92 Å². The van der Waals surface area contributed by atoms with Crippen LogP contribution in [-0.2, 0) is 9.53 Å². The van der Waals surface area contributed by atoms with Crippen LogP contribution >= 0.6 is 0 Å². The molecule has 0 aliphatic carbocycles. The van der Waals surface area contributed by atoms with Gasteiger partial charge in [0.2, 0.25) is 0 Å². The summed E-state index contributed by atoms with van der Waals surface area (Å²) in [5, 5.41) is 0. The van der Waals surface area contributed by atoms with E-state index in [9.17, 15) is 9.59 Å². The van der Waals surface area contributed by atoms with Gasteiger partial charge in [-0.3, -0.25) is 4.79 Å². The third kappa shape index (κ3) is 5.51. The summed E-state index contributed by atoms with van der Waals surface area (Å²) in [4.78, 5) is 23.0. The van der Waals surface area contributed by atoms with Crippen molar-refractivity contribution in [3.63, 3.8) is 0 Å². The van der Waals surface area contributed by atoms with Crippen LogP contribution in [0.2, 0.25) is 0 Å². The second-order valence-electron chi connectivity index (χ2n) is 4.73. The molecule has 0 aromatic heterocycles. The normalized spacial score (nSPS) is 10.9. The molecule has 0 bridgehead atoms. The molecule has 0 spiro atoms. The molecule has 0 atom stereocenters. The zero-order valence-electron chi connectivity index (χ0n) is 11.7. The van der Waals surface area contributed by atoms with Crippen LogP contribution in [0.4, 0.5) is 0 Å². The minimum Gasteiger partial charge on any atom is -0.463 e. The van der Waals surface area contributed by atoms with Crippen molar-refractivity contribution in [2.75, 3.05) is 6.61 Å². The van der Waals surface area contributed by atoms with Crippen LogP contribution in [-0.4, -0.2) is 18.4 Å². The van der Waals surface area contributed by atoms with Gasteiger partial charge < -0.3 is 4.74 Å². The van der Waals surface area contributed by atoms with Crippen LogP contribution in [0.3, 0.4) is 0 Å². The number of hydrogen-bond donors (Lipinski definition) is 0. The summed E-state index contributed by atoms with van der Waals surface area (Å²) >= 11 is 0. The van der Waals surface area contributed by atoms with Gasteiger partial charge in [-0.2, -0.15) is 0 Å². The number of ketones is 1. The maximum absolute atomic E-state index is 11.8. The molecule has 0 fully saturated rings. The molecule has 0 heterocycles. The number of carbonyl (C=O) groups is 2. The van der Waals surface area contributed by atoms with E-state index >= 15 is 0 Å². The van der Waals surface area contributed by atoms with E-state index in [1.54, 1.807) is 25.1 Å². The number of carbonyl (C=O) groups excluding carboxylic acids is 2. The smallest absolute Gasteiger partial charge is 0.330 e. The van der Waals surface area contributed by atoms with Crippen LogP contribution in [0.15, 0.2) is 30.3 Å². The summed E-state index contributed by atoms with van der Waals surface area (Å²) in [6.07, 6.45) is 3.61. The topological polar surface area (TPSA) is 43.4 Å². The van der Waals surface area contributed by atoms with Gasteiger partial charge in [0.15, 0.2) is 5.78 Å². The third-order valence-corrected chi connectivity index (χ3v) is 2.52. The van der Waals surface area contributed by atoms with Gasteiger partial charge in [-0.1, -0.05) is 38.1 Å². The summed E-state index contributed by atoms with van der Waals surface area (Å²) in [5.74, 6) is 0.147. The first-order valence-corrected chi connectivity index (χ1v) is 6.51. The molecule has 3 heteroatoms. The van der Waals surface area contributed by atoms with Crippen LogP contribution in [0, 0.1) is 5.92 Å². The van der Waals surface area contributed by atoms with Gasteiger partial charge in [-0.05, 0) is 24.5 Å². The van der Waals surface area contributed by atoms with Crippen LogP contribution in [0.1, 0.15) is 43.1 Å². The summed E-state index contributed by atoms with van der Waals surface area (Å²) in [6.45, 7) is 6.18. The molecule has 1 aromatic carbocycles. The molecule has 0 unspecified atom stereocenters. The molecule has 0 saturated carbocycles. The number of rotatable bonds is 6. The Kier molecular flexibility index (Phi) is 6.00. The summed E-state index contributed by atoms with van der Waals surface area (Å²) in [5.41, 5.74) is 1.58. The van der Waals surface area contributed by atoms with E-state index < -0.39 is 0 Å². The predicted molar refractivity (Wildman–Crippen MR) is 75.9 cm³/mol. The minimum atomic E-state index is -0.359. The van der Waals surface area contributed by atoms with E-state index in [0.29, 0.717) is 24.5 Å². The van der Waals surface area contributed by atoms with Crippen molar-refractivity contribution >= 4 is 17.8 Å². The Morgan fingerprint density at radius 2 is 1.84 bits per heavy atom. The lowest BCUT2D eigenvalue weighted by Crippen LogP contribution is -2.03. The minimum absolute atomic E-state index is 0.149. The van der Waals surface area contributed by atoms with Gasteiger partial charge in [-0.25, -0.2) is 4.79 Å². The Balaban J connectivity index is 2.66.